The molecule has 1 aromatic carbocycles. The van der Waals surface area contributed by atoms with Crippen LogP contribution in [0.1, 0.15) is 10.4 Å². The molecule has 0 aliphatic heterocycles. The van der Waals surface area contributed by atoms with Gasteiger partial charge in [-0.3, -0.25) is 9.89 Å². The van der Waals surface area contributed by atoms with E-state index in [0.29, 0.717) is 34.0 Å². The van der Waals surface area contributed by atoms with Crippen LogP contribution >= 0.6 is 0 Å². The molecule has 1 heterocycles. The maximum atomic E-state index is 11.1. The second-order valence-corrected chi connectivity index (χ2v) is 3.61. The quantitative estimate of drug-likeness (QED) is 0.799. The lowest BCUT2D eigenvalue weighted by Crippen LogP contribution is -1.96. The second kappa shape index (κ2) is 4.79. The van der Waals surface area contributed by atoms with Gasteiger partial charge in [0.2, 0.25) is 0 Å². The molecule has 0 bridgehead atoms. The van der Waals surface area contributed by atoms with Gasteiger partial charge in [-0.1, -0.05) is 0 Å². The lowest BCUT2D eigenvalue weighted by atomic mass is 10.0. The highest BCUT2D eigenvalue weighted by atomic mass is 16.5. The van der Waals surface area contributed by atoms with Gasteiger partial charge < -0.3 is 15.2 Å². The first-order chi connectivity index (χ1) is 8.71. The van der Waals surface area contributed by atoms with Crippen LogP contribution in [0.15, 0.2) is 18.3 Å². The van der Waals surface area contributed by atoms with E-state index in [1.54, 1.807) is 18.3 Å². The van der Waals surface area contributed by atoms with E-state index in [4.69, 9.17) is 15.2 Å². The summed E-state index contributed by atoms with van der Waals surface area (Å²) in [6.45, 7) is 0. The molecule has 0 fully saturated rings. The van der Waals surface area contributed by atoms with Crippen LogP contribution in [-0.2, 0) is 0 Å². The largest absolute Gasteiger partial charge is 0.493 e. The summed E-state index contributed by atoms with van der Waals surface area (Å²) in [4.78, 5) is 11.1. The van der Waals surface area contributed by atoms with E-state index in [-0.39, 0.29) is 0 Å². The van der Waals surface area contributed by atoms with Gasteiger partial charge in [0, 0.05) is 16.7 Å². The maximum Gasteiger partial charge on any atom is 0.161 e. The molecule has 0 spiro atoms. The standard InChI is InChI=1S/C12H13N3O3/c1-17-10-3-7(6-16)8(4-11(10)18-2)9-5-14-15-12(9)13/h3-6H,1-2H3,(H3,13,14,15). The molecule has 0 radical (unpaired) electrons. The number of benzene rings is 1. The molecule has 0 aliphatic rings. The Bertz CT molecular complexity index is 578. The SMILES string of the molecule is COc1cc(C=O)c(-c2cn[nH]c2N)cc1OC. The Kier molecular flexibility index (Phi) is 3.18. The Hall–Kier alpha value is -2.50. The van der Waals surface area contributed by atoms with Crippen LogP contribution in [0.4, 0.5) is 5.82 Å². The van der Waals surface area contributed by atoms with Gasteiger partial charge in [-0.2, -0.15) is 5.10 Å². The highest BCUT2D eigenvalue weighted by molar-refractivity contribution is 5.91. The topological polar surface area (TPSA) is 90.2 Å². The summed E-state index contributed by atoms with van der Waals surface area (Å²) in [5.74, 6) is 1.41. The highest BCUT2D eigenvalue weighted by Gasteiger charge is 2.15. The normalized spacial score (nSPS) is 10.1. The molecule has 0 amide bonds. The average molecular weight is 247 g/mol. The number of nitrogens with two attached hydrogens (primary N) is 1. The van der Waals surface area contributed by atoms with Crippen molar-refractivity contribution in [3.8, 4) is 22.6 Å². The predicted octanol–water partition coefficient (Wildman–Crippen LogP) is 1.49. The van der Waals surface area contributed by atoms with Crippen LogP contribution in [0.3, 0.4) is 0 Å². The van der Waals surface area contributed by atoms with Crippen molar-refractivity contribution in [1.82, 2.24) is 10.2 Å². The fourth-order valence-corrected chi connectivity index (χ4v) is 1.74. The van der Waals surface area contributed by atoms with Crippen LogP contribution in [-0.4, -0.2) is 30.7 Å². The summed E-state index contributed by atoms with van der Waals surface area (Å²) in [5, 5.41) is 6.46. The van der Waals surface area contributed by atoms with Crippen molar-refractivity contribution in [3.63, 3.8) is 0 Å². The van der Waals surface area contributed by atoms with E-state index in [0.717, 1.165) is 6.29 Å². The molecule has 3 N–H and O–H groups in total. The van der Waals surface area contributed by atoms with Gasteiger partial charge in [0.15, 0.2) is 17.8 Å². The molecule has 18 heavy (non-hydrogen) atoms. The zero-order valence-corrected chi connectivity index (χ0v) is 10.1. The minimum absolute atomic E-state index is 0.394. The van der Waals surface area contributed by atoms with Crippen molar-refractivity contribution < 1.29 is 14.3 Å². The summed E-state index contributed by atoms with van der Waals surface area (Å²) >= 11 is 0. The number of rotatable bonds is 4. The Labute approximate surface area is 104 Å². The summed E-state index contributed by atoms with van der Waals surface area (Å²) in [7, 11) is 3.04. The monoisotopic (exact) mass is 247 g/mol. The van der Waals surface area contributed by atoms with Crippen molar-refractivity contribution in [2.45, 2.75) is 0 Å². The number of carbonyl (C=O) groups excluding carboxylic acids is 1. The number of aromatic amines is 1. The van der Waals surface area contributed by atoms with E-state index in [2.05, 4.69) is 10.2 Å². The molecule has 0 atom stereocenters. The third-order valence-corrected chi connectivity index (χ3v) is 2.64. The first kappa shape index (κ1) is 12.0. The summed E-state index contributed by atoms with van der Waals surface area (Å²) in [6, 6.07) is 3.30. The van der Waals surface area contributed by atoms with Gasteiger partial charge in [0.1, 0.15) is 5.82 Å². The number of hydrogen-bond acceptors (Lipinski definition) is 5. The maximum absolute atomic E-state index is 11.1. The molecule has 0 aliphatic carbocycles. The van der Waals surface area contributed by atoms with E-state index in [1.165, 1.54) is 14.2 Å². The first-order valence-corrected chi connectivity index (χ1v) is 5.21. The molecular weight excluding hydrogens is 234 g/mol. The highest BCUT2D eigenvalue weighted by Crippen LogP contribution is 2.36. The molecule has 0 saturated carbocycles. The van der Waals surface area contributed by atoms with E-state index >= 15 is 0 Å². The number of anilines is 1. The first-order valence-electron chi connectivity index (χ1n) is 5.21. The summed E-state index contributed by atoms with van der Waals surface area (Å²) in [6.07, 6.45) is 2.30. The molecule has 6 nitrogen and oxygen atoms in total. The van der Waals surface area contributed by atoms with Gasteiger partial charge in [0.25, 0.3) is 0 Å². The Balaban J connectivity index is 2.66. The second-order valence-electron chi connectivity index (χ2n) is 3.61. The average Bonchev–Trinajstić information content (AvgIpc) is 2.83. The molecule has 2 rings (SSSR count). The number of carbonyl (C=O) groups is 1. The van der Waals surface area contributed by atoms with Crippen molar-refractivity contribution >= 4 is 12.1 Å². The lowest BCUT2D eigenvalue weighted by molar-refractivity contribution is 0.112. The third-order valence-electron chi connectivity index (χ3n) is 2.64. The number of nitrogen functional groups attached to an aromatic ring is 1. The van der Waals surface area contributed by atoms with Crippen molar-refractivity contribution in [1.29, 1.82) is 0 Å². The molecule has 1 aromatic heterocycles. The van der Waals surface area contributed by atoms with Crippen LogP contribution < -0.4 is 15.2 Å². The molecule has 0 saturated heterocycles. The van der Waals surface area contributed by atoms with Crippen LogP contribution in [0, 0.1) is 0 Å². The zero-order valence-electron chi connectivity index (χ0n) is 10.1. The molecule has 2 aromatic rings. The van der Waals surface area contributed by atoms with Crippen LogP contribution in [0.2, 0.25) is 0 Å². The minimum Gasteiger partial charge on any atom is -0.493 e. The number of nitrogens with one attached hydrogen (secondary N) is 1. The Morgan fingerprint density at radius 1 is 1.22 bits per heavy atom. The van der Waals surface area contributed by atoms with Gasteiger partial charge in [-0.05, 0) is 12.1 Å². The predicted molar refractivity (Wildman–Crippen MR) is 66.9 cm³/mol. The number of H-pyrrole nitrogens is 1. The van der Waals surface area contributed by atoms with Crippen molar-refractivity contribution in [2.24, 2.45) is 0 Å². The number of aromatic nitrogens is 2. The van der Waals surface area contributed by atoms with Crippen molar-refractivity contribution in [3.05, 3.63) is 23.9 Å². The smallest absolute Gasteiger partial charge is 0.161 e. The van der Waals surface area contributed by atoms with Gasteiger partial charge in [-0.25, -0.2) is 0 Å². The molecule has 94 valence electrons. The number of aldehydes is 1. The third kappa shape index (κ3) is 1.88. The number of hydrogen-bond donors (Lipinski definition) is 2. The fourth-order valence-electron chi connectivity index (χ4n) is 1.74. The van der Waals surface area contributed by atoms with Gasteiger partial charge in [-0.15, -0.1) is 0 Å². The van der Waals surface area contributed by atoms with E-state index in [1.807, 2.05) is 0 Å². The van der Waals surface area contributed by atoms with E-state index in [9.17, 15) is 4.79 Å². The lowest BCUT2D eigenvalue weighted by Gasteiger charge is -2.11. The van der Waals surface area contributed by atoms with Gasteiger partial charge in [0.05, 0.1) is 20.4 Å². The molecular formula is C12H13N3O3. The molecule has 6 heteroatoms. The summed E-state index contributed by atoms with van der Waals surface area (Å²) in [5.41, 5.74) is 7.51. The minimum atomic E-state index is 0.394. The van der Waals surface area contributed by atoms with Crippen LogP contribution in [0.25, 0.3) is 11.1 Å². The van der Waals surface area contributed by atoms with E-state index < -0.39 is 0 Å². The van der Waals surface area contributed by atoms with Crippen molar-refractivity contribution in [2.75, 3.05) is 20.0 Å². The van der Waals surface area contributed by atoms with Crippen LogP contribution in [0.5, 0.6) is 11.5 Å². The Morgan fingerprint density at radius 3 is 2.39 bits per heavy atom. The molecule has 0 unspecified atom stereocenters. The fraction of sp³-hybridized carbons (Fsp3) is 0.167. The number of methoxy groups -OCH3 is 2. The summed E-state index contributed by atoms with van der Waals surface area (Å²) < 4.78 is 10.3. The zero-order chi connectivity index (χ0) is 13.1. The van der Waals surface area contributed by atoms with Gasteiger partial charge >= 0.3 is 0 Å². The number of ether oxygens (including phenoxy) is 2. The number of nitrogens with zero attached hydrogens (tertiary/aromatic N) is 1. The Morgan fingerprint density at radius 2 is 1.89 bits per heavy atom.